The monoisotopic (exact) mass is 257 g/mol. The minimum Gasteiger partial charge on any atom is -0.490 e. The number of para-hydroxylation sites is 1. The molecule has 19 heavy (non-hydrogen) atoms. The number of nitrogen functional groups attached to an aromatic ring is 1. The van der Waals surface area contributed by atoms with E-state index in [1.165, 1.54) is 0 Å². The Kier molecular flexibility index (Phi) is 4.42. The normalized spacial score (nSPS) is 12.1. The summed E-state index contributed by atoms with van der Waals surface area (Å²) in [5, 5.41) is 10.1. The Morgan fingerprint density at radius 3 is 2.47 bits per heavy atom. The lowest BCUT2D eigenvalue weighted by molar-refractivity contribution is 0.107. The Morgan fingerprint density at radius 1 is 1.11 bits per heavy atom. The number of anilines is 1. The van der Waals surface area contributed by atoms with Crippen LogP contribution in [0.15, 0.2) is 48.5 Å². The molecule has 2 rings (SSSR count). The largest absolute Gasteiger partial charge is 0.490 e. The van der Waals surface area contributed by atoms with Gasteiger partial charge in [-0.25, -0.2) is 0 Å². The van der Waals surface area contributed by atoms with Gasteiger partial charge in [-0.3, -0.25) is 0 Å². The van der Waals surface area contributed by atoms with Crippen LogP contribution in [0.2, 0.25) is 0 Å². The Hall–Kier alpha value is -2.00. The fourth-order valence-corrected chi connectivity index (χ4v) is 1.92. The second kappa shape index (κ2) is 6.25. The van der Waals surface area contributed by atoms with Gasteiger partial charge in [0.15, 0.2) is 0 Å². The fraction of sp³-hybridized carbons (Fsp3) is 0.250. The summed E-state index contributed by atoms with van der Waals surface area (Å²) >= 11 is 0. The van der Waals surface area contributed by atoms with Crippen molar-refractivity contribution in [2.24, 2.45) is 0 Å². The van der Waals surface area contributed by atoms with Crippen LogP contribution in [-0.2, 0) is 6.42 Å². The van der Waals surface area contributed by atoms with E-state index in [2.05, 4.69) is 6.92 Å². The van der Waals surface area contributed by atoms with Gasteiger partial charge in [-0.1, -0.05) is 37.3 Å². The maximum atomic E-state index is 10.1. The first-order valence-electron chi connectivity index (χ1n) is 6.45. The van der Waals surface area contributed by atoms with Gasteiger partial charge in [0.25, 0.3) is 0 Å². The molecule has 1 unspecified atom stereocenters. The first-order chi connectivity index (χ1) is 9.20. The van der Waals surface area contributed by atoms with Gasteiger partial charge in [0, 0.05) is 5.69 Å². The van der Waals surface area contributed by atoms with Crippen molar-refractivity contribution in [1.29, 1.82) is 0 Å². The molecule has 0 aliphatic heterocycles. The lowest BCUT2D eigenvalue weighted by Gasteiger charge is -2.15. The molecule has 0 fully saturated rings. The first-order valence-corrected chi connectivity index (χ1v) is 6.45. The van der Waals surface area contributed by atoms with Crippen LogP contribution in [0.25, 0.3) is 0 Å². The Labute approximate surface area is 113 Å². The summed E-state index contributed by atoms with van der Waals surface area (Å²) in [6.07, 6.45) is 0.263. The number of aliphatic hydroxyl groups is 1. The molecular formula is C16H19NO2. The second-order valence-corrected chi connectivity index (χ2v) is 4.45. The fourth-order valence-electron chi connectivity index (χ4n) is 1.92. The first kappa shape index (κ1) is 13.4. The van der Waals surface area contributed by atoms with E-state index in [-0.39, 0.29) is 6.61 Å². The Bertz CT molecular complexity index is 523. The summed E-state index contributed by atoms with van der Waals surface area (Å²) < 4.78 is 5.69. The van der Waals surface area contributed by atoms with Gasteiger partial charge in [-0.2, -0.15) is 0 Å². The van der Waals surface area contributed by atoms with Crippen molar-refractivity contribution in [3.8, 4) is 5.75 Å². The summed E-state index contributed by atoms with van der Waals surface area (Å²) in [6.45, 7) is 2.32. The predicted molar refractivity (Wildman–Crippen MR) is 77.1 cm³/mol. The molecule has 2 aromatic rings. The standard InChI is InChI=1S/C16H19NO2/c1-2-12-5-3-4-6-16(12)19-11-15(18)13-7-9-14(17)10-8-13/h3-10,15,18H,2,11,17H2,1H3. The number of hydrogen-bond acceptors (Lipinski definition) is 3. The van der Waals surface area contributed by atoms with Crippen LogP contribution in [0.5, 0.6) is 5.75 Å². The van der Waals surface area contributed by atoms with E-state index in [9.17, 15) is 5.11 Å². The average molecular weight is 257 g/mol. The van der Waals surface area contributed by atoms with Crippen molar-refractivity contribution in [3.05, 3.63) is 59.7 Å². The van der Waals surface area contributed by atoms with Gasteiger partial charge in [0.1, 0.15) is 18.5 Å². The zero-order chi connectivity index (χ0) is 13.7. The van der Waals surface area contributed by atoms with Gasteiger partial charge in [0.05, 0.1) is 0 Å². The maximum absolute atomic E-state index is 10.1. The highest BCUT2D eigenvalue weighted by Crippen LogP contribution is 2.21. The lowest BCUT2D eigenvalue weighted by Crippen LogP contribution is -2.10. The predicted octanol–water partition coefficient (Wildman–Crippen LogP) is 2.94. The van der Waals surface area contributed by atoms with Crippen LogP contribution in [-0.4, -0.2) is 11.7 Å². The van der Waals surface area contributed by atoms with E-state index in [4.69, 9.17) is 10.5 Å². The SMILES string of the molecule is CCc1ccccc1OCC(O)c1ccc(N)cc1. The Balaban J connectivity index is 2.00. The number of benzene rings is 2. The lowest BCUT2D eigenvalue weighted by atomic mass is 10.1. The number of ether oxygens (including phenoxy) is 1. The molecule has 0 aliphatic rings. The molecule has 3 N–H and O–H groups in total. The third-order valence-corrected chi connectivity index (χ3v) is 3.07. The minimum atomic E-state index is -0.648. The van der Waals surface area contributed by atoms with E-state index in [1.807, 2.05) is 36.4 Å². The number of nitrogens with two attached hydrogens (primary N) is 1. The van der Waals surface area contributed by atoms with Gasteiger partial charge < -0.3 is 15.6 Å². The van der Waals surface area contributed by atoms with E-state index < -0.39 is 6.10 Å². The van der Waals surface area contributed by atoms with Crippen LogP contribution in [0.3, 0.4) is 0 Å². The highest BCUT2D eigenvalue weighted by Gasteiger charge is 2.09. The molecule has 0 aliphatic carbocycles. The summed E-state index contributed by atoms with van der Waals surface area (Å²) in [4.78, 5) is 0. The van der Waals surface area contributed by atoms with Gasteiger partial charge in [0.2, 0.25) is 0 Å². The van der Waals surface area contributed by atoms with E-state index >= 15 is 0 Å². The van der Waals surface area contributed by atoms with E-state index in [0.29, 0.717) is 5.69 Å². The second-order valence-electron chi connectivity index (χ2n) is 4.45. The number of aryl methyl sites for hydroxylation is 1. The zero-order valence-corrected chi connectivity index (χ0v) is 11.0. The van der Waals surface area contributed by atoms with Gasteiger partial charge in [-0.05, 0) is 35.7 Å². The van der Waals surface area contributed by atoms with Crippen LogP contribution in [0.1, 0.15) is 24.2 Å². The molecule has 0 bridgehead atoms. The molecule has 1 atom stereocenters. The molecule has 0 amide bonds. The molecule has 3 nitrogen and oxygen atoms in total. The van der Waals surface area contributed by atoms with Crippen molar-refractivity contribution in [1.82, 2.24) is 0 Å². The minimum absolute atomic E-state index is 0.237. The molecule has 2 aromatic carbocycles. The molecule has 100 valence electrons. The molecule has 0 saturated carbocycles. The molecule has 0 heterocycles. The molecule has 3 heteroatoms. The molecular weight excluding hydrogens is 238 g/mol. The van der Waals surface area contributed by atoms with Crippen LogP contribution in [0, 0.1) is 0 Å². The zero-order valence-electron chi connectivity index (χ0n) is 11.0. The highest BCUT2D eigenvalue weighted by atomic mass is 16.5. The van der Waals surface area contributed by atoms with Crippen molar-refractivity contribution in [3.63, 3.8) is 0 Å². The number of rotatable bonds is 5. The Morgan fingerprint density at radius 2 is 1.79 bits per heavy atom. The smallest absolute Gasteiger partial charge is 0.122 e. The van der Waals surface area contributed by atoms with Crippen molar-refractivity contribution < 1.29 is 9.84 Å². The quantitative estimate of drug-likeness (QED) is 0.810. The van der Waals surface area contributed by atoms with Crippen LogP contribution in [0.4, 0.5) is 5.69 Å². The summed E-state index contributed by atoms with van der Waals surface area (Å²) in [5.41, 5.74) is 8.26. The number of hydrogen-bond donors (Lipinski definition) is 2. The molecule has 0 saturated heterocycles. The summed E-state index contributed by atoms with van der Waals surface area (Å²) in [6, 6.07) is 15.1. The summed E-state index contributed by atoms with van der Waals surface area (Å²) in [7, 11) is 0. The van der Waals surface area contributed by atoms with E-state index in [0.717, 1.165) is 23.3 Å². The summed E-state index contributed by atoms with van der Waals surface area (Å²) in [5.74, 6) is 0.833. The third-order valence-electron chi connectivity index (χ3n) is 3.07. The highest BCUT2D eigenvalue weighted by molar-refractivity contribution is 5.40. The van der Waals surface area contributed by atoms with Crippen molar-refractivity contribution >= 4 is 5.69 Å². The topological polar surface area (TPSA) is 55.5 Å². The van der Waals surface area contributed by atoms with Crippen molar-refractivity contribution in [2.75, 3.05) is 12.3 Å². The maximum Gasteiger partial charge on any atom is 0.122 e. The van der Waals surface area contributed by atoms with Gasteiger partial charge >= 0.3 is 0 Å². The average Bonchev–Trinajstić information content (AvgIpc) is 2.45. The third kappa shape index (κ3) is 3.48. The molecule has 0 radical (unpaired) electrons. The van der Waals surface area contributed by atoms with Crippen molar-refractivity contribution in [2.45, 2.75) is 19.4 Å². The van der Waals surface area contributed by atoms with Gasteiger partial charge in [-0.15, -0.1) is 0 Å². The molecule has 0 aromatic heterocycles. The molecule has 0 spiro atoms. The van der Waals surface area contributed by atoms with Crippen LogP contribution < -0.4 is 10.5 Å². The van der Waals surface area contributed by atoms with E-state index in [1.54, 1.807) is 12.1 Å². The number of aliphatic hydroxyl groups excluding tert-OH is 1. The van der Waals surface area contributed by atoms with Crippen LogP contribution >= 0.6 is 0 Å².